The molecular weight excluding hydrogens is 252 g/mol. The highest BCUT2D eigenvalue weighted by Gasteiger charge is 2.12. The van der Waals surface area contributed by atoms with Gasteiger partial charge in [0.15, 0.2) is 0 Å². The van der Waals surface area contributed by atoms with Crippen molar-refractivity contribution in [1.82, 2.24) is 0 Å². The van der Waals surface area contributed by atoms with Crippen molar-refractivity contribution in [2.75, 3.05) is 14.2 Å². The van der Waals surface area contributed by atoms with Crippen LogP contribution in [0.1, 0.15) is 12.5 Å². The summed E-state index contributed by atoms with van der Waals surface area (Å²) in [6.07, 6.45) is 0.462. The van der Waals surface area contributed by atoms with Crippen LogP contribution < -0.4 is 9.47 Å². The van der Waals surface area contributed by atoms with Gasteiger partial charge in [-0.3, -0.25) is 4.79 Å². The summed E-state index contributed by atoms with van der Waals surface area (Å²) in [5, 5.41) is 0. The molecule has 0 aliphatic carbocycles. The summed E-state index contributed by atoms with van der Waals surface area (Å²) in [5.74, 6) is 1.69. The maximum Gasteiger partial charge on any atom is 0.134 e. The third kappa shape index (κ3) is 2.99. The molecule has 20 heavy (non-hydrogen) atoms. The molecule has 0 heterocycles. The van der Waals surface area contributed by atoms with E-state index in [1.165, 1.54) is 0 Å². The molecule has 2 rings (SSSR count). The monoisotopic (exact) mass is 270 g/mol. The van der Waals surface area contributed by atoms with E-state index in [0.29, 0.717) is 6.42 Å². The third-order valence-corrected chi connectivity index (χ3v) is 3.12. The van der Waals surface area contributed by atoms with Gasteiger partial charge in [0, 0.05) is 6.42 Å². The van der Waals surface area contributed by atoms with Crippen molar-refractivity contribution in [3.8, 4) is 22.6 Å². The number of methoxy groups -OCH3 is 2. The van der Waals surface area contributed by atoms with Crippen molar-refractivity contribution in [2.45, 2.75) is 13.3 Å². The highest BCUT2D eigenvalue weighted by atomic mass is 16.5. The molecule has 0 amide bonds. The van der Waals surface area contributed by atoms with E-state index in [0.717, 1.165) is 28.2 Å². The van der Waals surface area contributed by atoms with E-state index in [-0.39, 0.29) is 5.78 Å². The Morgan fingerprint density at radius 3 is 1.95 bits per heavy atom. The van der Waals surface area contributed by atoms with Crippen LogP contribution in [0.25, 0.3) is 11.1 Å². The van der Waals surface area contributed by atoms with Crippen molar-refractivity contribution >= 4 is 5.78 Å². The van der Waals surface area contributed by atoms with E-state index in [1.807, 2.05) is 42.5 Å². The predicted octanol–water partition coefficient (Wildman–Crippen LogP) is 3.50. The van der Waals surface area contributed by atoms with Gasteiger partial charge in [0.25, 0.3) is 0 Å². The van der Waals surface area contributed by atoms with Gasteiger partial charge in [0.2, 0.25) is 0 Å². The van der Waals surface area contributed by atoms with Crippen LogP contribution in [0.4, 0.5) is 0 Å². The zero-order valence-electron chi connectivity index (χ0n) is 12.0. The molecule has 0 atom stereocenters. The maximum absolute atomic E-state index is 11.1. The third-order valence-electron chi connectivity index (χ3n) is 3.12. The van der Waals surface area contributed by atoms with Gasteiger partial charge >= 0.3 is 0 Å². The quantitative estimate of drug-likeness (QED) is 0.834. The molecule has 0 radical (unpaired) electrons. The minimum Gasteiger partial charge on any atom is -0.496 e. The van der Waals surface area contributed by atoms with Gasteiger partial charge in [-0.05, 0) is 30.2 Å². The van der Waals surface area contributed by atoms with Gasteiger partial charge in [-0.1, -0.05) is 30.3 Å². The summed E-state index contributed by atoms with van der Waals surface area (Å²) in [4.78, 5) is 11.1. The zero-order chi connectivity index (χ0) is 14.5. The van der Waals surface area contributed by atoms with Crippen molar-refractivity contribution in [1.29, 1.82) is 0 Å². The minimum atomic E-state index is 0.160. The number of Topliss-reactive ketones (excluding diaryl/α,β-unsaturated/α-hetero) is 1. The smallest absolute Gasteiger partial charge is 0.134 e. The fourth-order valence-electron chi connectivity index (χ4n) is 2.21. The van der Waals surface area contributed by atoms with Crippen LogP contribution >= 0.6 is 0 Å². The molecule has 0 aliphatic rings. The van der Waals surface area contributed by atoms with E-state index < -0.39 is 0 Å². The lowest BCUT2D eigenvalue weighted by molar-refractivity contribution is -0.116. The van der Waals surface area contributed by atoms with Crippen LogP contribution in [0, 0.1) is 0 Å². The Hall–Kier alpha value is -2.29. The van der Waals surface area contributed by atoms with Crippen molar-refractivity contribution in [3.63, 3.8) is 0 Å². The van der Waals surface area contributed by atoms with Crippen LogP contribution in [0.2, 0.25) is 0 Å². The standard InChI is InChI=1S/C17H18O3/c1-12(18)11-13-7-9-14(10-8-13)17-15(19-2)5-4-6-16(17)20-3/h4-10H,11H2,1-3H3. The number of rotatable bonds is 5. The van der Waals surface area contributed by atoms with Gasteiger partial charge in [0.05, 0.1) is 19.8 Å². The van der Waals surface area contributed by atoms with Crippen LogP contribution in [0.5, 0.6) is 11.5 Å². The largest absolute Gasteiger partial charge is 0.496 e. The number of benzene rings is 2. The van der Waals surface area contributed by atoms with E-state index in [9.17, 15) is 4.79 Å². The van der Waals surface area contributed by atoms with Crippen molar-refractivity contribution < 1.29 is 14.3 Å². The Balaban J connectivity index is 2.43. The summed E-state index contributed by atoms with van der Waals surface area (Å²) >= 11 is 0. The lowest BCUT2D eigenvalue weighted by Crippen LogP contribution is -1.96. The lowest BCUT2D eigenvalue weighted by atomic mass is 10.0. The normalized spacial score (nSPS) is 10.2. The second-order valence-corrected chi connectivity index (χ2v) is 4.61. The molecule has 0 N–H and O–H groups in total. The lowest BCUT2D eigenvalue weighted by Gasteiger charge is -2.13. The van der Waals surface area contributed by atoms with Gasteiger partial charge < -0.3 is 9.47 Å². The number of ether oxygens (including phenoxy) is 2. The molecule has 3 nitrogen and oxygen atoms in total. The van der Waals surface area contributed by atoms with E-state index in [2.05, 4.69) is 0 Å². The Morgan fingerprint density at radius 2 is 1.50 bits per heavy atom. The second-order valence-electron chi connectivity index (χ2n) is 4.61. The number of carbonyl (C=O) groups is 1. The first-order valence-electron chi connectivity index (χ1n) is 6.45. The fraction of sp³-hybridized carbons (Fsp3) is 0.235. The summed E-state index contributed by atoms with van der Waals surface area (Å²) in [6.45, 7) is 1.59. The predicted molar refractivity (Wildman–Crippen MR) is 79.4 cm³/mol. The summed E-state index contributed by atoms with van der Waals surface area (Å²) < 4.78 is 10.8. The first-order valence-corrected chi connectivity index (χ1v) is 6.45. The average Bonchev–Trinajstić information content (AvgIpc) is 2.46. The van der Waals surface area contributed by atoms with E-state index >= 15 is 0 Å². The van der Waals surface area contributed by atoms with Gasteiger partial charge in [-0.15, -0.1) is 0 Å². The second kappa shape index (κ2) is 6.24. The number of hydrogen-bond acceptors (Lipinski definition) is 3. The first-order chi connectivity index (χ1) is 9.65. The topological polar surface area (TPSA) is 35.5 Å². The SMILES string of the molecule is COc1cccc(OC)c1-c1ccc(CC(C)=O)cc1. The van der Waals surface area contributed by atoms with Crippen LogP contribution in [-0.4, -0.2) is 20.0 Å². The molecule has 104 valence electrons. The molecule has 0 saturated carbocycles. The minimum absolute atomic E-state index is 0.160. The zero-order valence-corrected chi connectivity index (χ0v) is 12.0. The molecule has 0 saturated heterocycles. The molecule has 0 fully saturated rings. The summed E-state index contributed by atoms with van der Waals surface area (Å²) in [7, 11) is 3.28. The molecule has 0 unspecified atom stereocenters. The molecule has 0 bridgehead atoms. The Labute approximate surface area is 119 Å². The highest BCUT2D eigenvalue weighted by molar-refractivity contribution is 5.80. The van der Waals surface area contributed by atoms with Gasteiger partial charge in [0.1, 0.15) is 17.3 Å². The van der Waals surface area contributed by atoms with Crippen LogP contribution in [-0.2, 0) is 11.2 Å². The molecule has 0 spiro atoms. The molecule has 2 aromatic rings. The maximum atomic E-state index is 11.1. The molecule has 2 aromatic carbocycles. The van der Waals surface area contributed by atoms with E-state index in [4.69, 9.17) is 9.47 Å². The molecule has 0 aliphatic heterocycles. The van der Waals surface area contributed by atoms with Crippen LogP contribution in [0.3, 0.4) is 0 Å². The molecule has 0 aromatic heterocycles. The average molecular weight is 270 g/mol. The van der Waals surface area contributed by atoms with Crippen molar-refractivity contribution in [2.24, 2.45) is 0 Å². The van der Waals surface area contributed by atoms with Gasteiger partial charge in [-0.2, -0.15) is 0 Å². The Bertz CT molecular complexity index is 578. The van der Waals surface area contributed by atoms with E-state index in [1.54, 1.807) is 21.1 Å². The highest BCUT2D eigenvalue weighted by Crippen LogP contribution is 2.38. The molecule has 3 heteroatoms. The molecular formula is C17H18O3. The van der Waals surface area contributed by atoms with Crippen LogP contribution in [0.15, 0.2) is 42.5 Å². The number of hydrogen-bond donors (Lipinski definition) is 0. The van der Waals surface area contributed by atoms with Crippen molar-refractivity contribution in [3.05, 3.63) is 48.0 Å². The summed E-state index contributed by atoms with van der Waals surface area (Å²) in [5.41, 5.74) is 2.94. The van der Waals surface area contributed by atoms with Gasteiger partial charge in [-0.25, -0.2) is 0 Å². The summed E-state index contributed by atoms with van der Waals surface area (Å²) in [6, 6.07) is 13.6. The fourth-order valence-corrected chi connectivity index (χ4v) is 2.21. The first kappa shape index (κ1) is 14.1. The number of ketones is 1. The number of carbonyl (C=O) groups excluding carboxylic acids is 1. The Morgan fingerprint density at radius 1 is 0.950 bits per heavy atom. The Kier molecular flexibility index (Phi) is 4.41.